The highest BCUT2D eigenvalue weighted by Crippen LogP contribution is 2.40. The number of rotatable bonds is 6. The van der Waals surface area contributed by atoms with E-state index in [1.54, 1.807) is 25.1 Å². The maximum Gasteiger partial charge on any atom is 0.310 e. The minimum absolute atomic E-state index is 0.0205. The molecular weight excluding hydrogens is 320 g/mol. The molecule has 0 unspecified atom stereocenters. The fraction of sp³-hybridized carbons (Fsp3) is 0.526. The van der Waals surface area contributed by atoms with Crippen LogP contribution in [0.4, 0.5) is 11.4 Å². The Morgan fingerprint density at radius 2 is 1.60 bits per heavy atom. The zero-order valence-electron chi connectivity index (χ0n) is 14.9. The molecule has 1 aliphatic carbocycles. The van der Waals surface area contributed by atoms with Gasteiger partial charge in [0.15, 0.2) is 0 Å². The summed E-state index contributed by atoms with van der Waals surface area (Å²) in [6.45, 7) is 3.58. The van der Waals surface area contributed by atoms with E-state index in [2.05, 4.69) is 10.6 Å². The van der Waals surface area contributed by atoms with Crippen LogP contribution in [0, 0.1) is 12.3 Å². The SMILES string of the molecule is CCC(=O)Nc1cccc(NC(=O)CC2(C(=O)O)CCCCC2)c1C. The lowest BCUT2D eigenvalue weighted by Gasteiger charge is -2.32. The maximum absolute atomic E-state index is 12.5. The fourth-order valence-corrected chi connectivity index (χ4v) is 3.34. The highest BCUT2D eigenvalue weighted by Gasteiger charge is 2.41. The second-order valence-corrected chi connectivity index (χ2v) is 6.75. The molecule has 1 saturated carbocycles. The van der Waals surface area contributed by atoms with E-state index in [0.29, 0.717) is 30.6 Å². The average Bonchev–Trinajstić information content (AvgIpc) is 2.59. The van der Waals surface area contributed by atoms with E-state index in [1.165, 1.54) is 0 Å². The number of benzene rings is 1. The number of hydrogen-bond acceptors (Lipinski definition) is 3. The Kier molecular flexibility index (Phi) is 6.17. The van der Waals surface area contributed by atoms with Crippen molar-refractivity contribution in [3.05, 3.63) is 23.8 Å². The van der Waals surface area contributed by atoms with Gasteiger partial charge in [-0.25, -0.2) is 0 Å². The van der Waals surface area contributed by atoms with Crippen molar-refractivity contribution in [2.45, 2.75) is 58.8 Å². The third kappa shape index (κ3) is 4.59. The number of aliphatic carboxylic acids is 1. The molecule has 0 heterocycles. The van der Waals surface area contributed by atoms with Gasteiger partial charge in [-0.15, -0.1) is 0 Å². The summed E-state index contributed by atoms with van der Waals surface area (Å²) >= 11 is 0. The molecular formula is C19H26N2O4. The third-order valence-electron chi connectivity index (χ3n) is 4.97. The predicted octanol–water partition coefficient (Wildman–Crippen LogP) is 3.71. The maximum atomic E-state index is 12.5. The van der Waals surface area contributed by atoms with Crippen LogP contribution in [-0.4, -0.2) is 22.9 Å². The van der Waals surface area contributed by atoms with E-state index in [0.717, 1.165) is 24.8 Å². The van der Waals surface area contributed by atoms with Gasteiger partial charge in [-0.2, -0.15) is 0 Å². The lowest BCUT2D eigenvalue weighted by atomic mass is 9.71. The van der Waals surface area contributed by atoms with E-state index in [9.17, 15) is 19.5 Å². The zero-order valence-corrected chi connectivity index (χ0v) is 14.9. The Balaban J connectivity index is 2.11. The smallest absolute Gasteiger partial charge is 0.310 e. The van der Waals surface area contributed by atoms with E-state index in [1.807, 2.05) is 6.92 Å². The molecule has 2 rings (SSSR count). The average molecular weight is 346 g/mol. The zero-order chi connectivity index (χ0) is 18.4. The molecule has 0 saturated heterocycles. The largest absolute Gasteiger partial charge is 0.481 e. The molecule has 0 aliphatic heterocycles. The molecule has 25 heavy (non-hydrogen) atoms. The van der Waals surface area contributed by atoms with Crippen molar-refractivity contribution in [3.8, 4) is 0 Å². The molecule has 6 heteroatoms. The van der Waals surface area contributed by atoms with Crippen LogP contribution in [0.3, 0.4) is 0 Å². The molecule has 1 aromatic carbocycles. The molecule has 0 spiro atoms. The Morgan fingerprint density at radius 3 is 2.12 bits per heavy atom. The summed E-state index contributed by atoms with van der Waals surface area (Å²) < 4.78 is 0. The number of hydrogen-bond donors (Lipinski definition) is 3. The van der Waals surface area contributed by atoms with Crippen molar-refractivity contribution in [1.82, 2.24) is 0 Å². The molecule has 2 amide bonds. The summed E-state index contributed by atoms with van der Waals surface area (Å²) in [7, 11) is 0. The standard InChI is InChI=1S/C19H26N2O4/c1-3-16(22)20-14-8-7-9-15(13(14)2)21-17(23)12-19(18(24)25)10-5-4-6-11-19/h7-9H,3-6,10-12H2,1-2H3,(H,20,22)(H,21,23)(H,24,25). The molecule has 0 bridgehead atoms. The van der Waals surface area contributed by atoms with Crippen LogP contribution in [0.15, 0.2) is 18.2 Å². The van der Waals surface area contributed by atoms with E-state index < -0.39 is 11.4 Å². The number of carbonyl (C=O) groups is 3. The van der Waals surface area contributed by atoms with Crippen LogP contribution in [-0.2, 0) is 14.4 Å². The second kappa shape index (κ2) is 8.14. The number of carboxylic acids is 1. The fourth-order valence-electron chi connectivity index (χ4n) is 3.34. The van der Waals surface area contributed by atoms with Crippen LogP contribution in [0.5, 0.6) is 0 Å². The van der Waals surface area contributed by atoms with Crippen LogP contribution in [0.2, 0.25) is 0 Å². The first-order valence-corrected chi connectivity index (χ1v) is 8.80. The van der Waals surface area contributed by atoms with E-state index in [4.69, 9.17) is 0 Å². The summed E-state index contributed by atoms with van der Waals surface area (Å²) in [5.74, 6) is -1.28. The molecule has 0 radical (unpaired) electrons. The quantitative estimate of drug-likeness (QED) is 0.732. The number of carbonyl (C=O) groups excluding carboxylic acids is 2. The van der Waals surface area contributed by atoms with Gasteiger partial charge < -0.3 is 15.7 Å². The summed E-state index contributed by atoms with van der Waals surface area (Å²) in [5.41, 5.74) is 1.04. The summed E-state index contributed by atoms with van der Waals surface area (Å²) in [5, 5.41) is 15.2. The van der Waals surface area contributed by atoms with Gasteiger partial charge in [0.1, 0.15) is 0 Å². The van der Waals surface area contributed by atoms with Gasteiger partial charge in [0.2, 0.25) is 11.8 Å². The van der Waals surface area contributed by atoms with Gasteiger partial charge in [0, 0.05) is 24.2 Å². The molecule has 3 N–H and O–H groups in total. The molecule has 0 aromatic heterocycles. The molecule has 1 aliphatic rings. The molecule has 1 fully saturated rings. The first-order valence-electron chi connectivity index (χ1n) is 8.80. The first-order chi connectivity index (χ1) is 11.9. The summed E-state index contributed by atoms with van der Waals surface area (Å²) in [6.07, 6.45) is 4.15. The minimum atomic E-state index is -0.954. The van der Waals surface area contributed by atoms with Gasteiger partial charge in [0.25, 0.3) is 0 Å². The van der Waals surface area contributed by atoms with Crippen LogP contribution in [0.25, 0.3) is 0 Å². The monoisotopic (exact) mass is 346 g/mol. The Hall–Kier alpha value is -2.37. The topological polar surface area (TPSA) is 95.5 Å². The van der Waals surface area contributed by atoms with Gasteiger partial charge in [0.05, 0.1) is 5.41 Å². The van der Waals surface area contributed by atoms with Crippen molar-refractivity contribution in [2.75, 3.05) is 10.6 Å². The Morgan fingerprint density at radius 1 is 1.04 bits per heavy atom. The predicted molar refractivity (Wildman–Crippen MR) is 96.5 cm³/mol. The van der Waals surface area contributed by atoms with Crippen molar-refractivity contribution in [1.29, 1.82) is 0 Å². The first kappa shape index (κ1) is 19.0. The Labute approximate surface area is 148 Å². The van der Waals surface area contributed by atoms with Gasteiger partial charge in [-0.05, 0) is 37.5 Å². The van der Waals surface area contributed by atoms with Crippen molar-refractivity contribution < 1.29 is 19.5 Å². The van der Waals surface area contributed by atoms with Crippen molar-refractivity contribution >= 4 is 29.2 Å². The summed E-state index contributed by atoms with van der Waals surface area (Å²) in [4.78, 5) is 35.8. The van der Waals surface area contributed by atoms with Gasteiger partial charge in [-0.1, -0.05) is 32.3 Å². The van der Waals surface area contributed by atoms with Crippen LogP contribution in [0.1, 0.15) is 57.4 Å². The van der Waals surface area contributed by atoms with Gasteiger partial charge in [-0.3, -0.25) is 14.4 Å². The number of anilines is 2. The molecule has 0 atom stereocenters. The molecule has 136 valence electrons. The normalized spacial score (nSPS) is 16.1. The van der Waals surface area contributed by atoms with Crippen molar-refractivity contribution in [3.63, 3.8) is 0 Å². The summed E-state index contributed by atoms with van der Waals surface area (Å²) in [6, 6.07) is 5.28. The van der Waals surface area contributed by atoms with E-state index in [-0.39, 0.29) is 18.2 Å². The van der Waals surface area contributed by atoms with Crippen molar-refractivity contribution in [2.24, 2.45) is 5.41 Å². The molecule has 6 nitrogen and oxygen atoms in total. The van der Waals surface area contributed by atoms with Crippen LogP contribution >= 0.6 is 0 Å². The lowest BCUT2D eigenvalue weighted by molar-refractivity contribution is -0.153. The third-order valence-corrected chi connectivity index (χ3v) is 4.97. The lowest BCUT2D eigenvalue weighted by Crippen LogP contribution is -2.37. The number of nitrogens with one attached hydrogen (secondary N) is 2. The second-order valence-electron chi connectivity index (χ2n) is 6.75. The number of carboxylic acid groups (broad SMARTS) is 1. The molecule has 1 aromatic rings. The highest BCUT2D eigenvalue weighted by molar-refractivity contribution is 5.97. The van der Waals surface area contributed by atoms with E-state index >= 15 is 0 Å². The Bertz CT molecular complexity index is 663. The van der Waals surface area contributed by atoms with Crippen LogP contribution < -0.4 is 10.6 Å². The minimum Gasteiger partial charge on any atom is -0.481 e. The highest BCUT2D eigenvalue weighted by atomic mass is 16.4. The van der Waals surface area contributed by atoms with Gasteiger partial charge >= 0.3 is 5.97 Å². The number of amides is 2.